The van der Waals surface area contributed by atoms with Crippen LogP contribution in [0.25, 0.3) is 0 Å². The van der Waals surface area contributed by atoms with Gasteiger partial charge < -0.3 is 15.6 Å². The normalized spacial score (nSPS) is 35.4. The van der Waals surface area contributed by atoms with Gasteiger partial charge >= 0.3 is 5.97 Å². The number of nitrogens with zero attached hydrogens (tertiary/aromatic N) is 1. The molecule has 2 rings (SSSR count). The van der Waals surface area contributed by atoms with E-state index in [1.807, 2.05) is 0 Å². The van der Waals surface area contributed by atoms with Gasteiger partial charge in [0, 0.05) is 0 Å². The van der Waals surface area contributed by atoms with Gasteiger partial charge in [-0.3, -0.25) is 9.69 Å². The molecule has 0 aromatic carbocycles. The van der Waals surface area contributed by atoms with Gasteiger partial charge in [0.2, 0.25) is 5.91 Å². The van der Waals surface area contributed by atoms with Gasteiger partial charge in [0.25, 0.3) is 0 Å². The van der Waals surface area contributed by atoms with Crippen molar-refractivity contribution in [1.82, 2.24) is 4.90 Å². The van der Waals surface area contributed by atoms with Gasteiger partial charge in [-0.05, 0) is 13.0 Å². The molecule has 14 heavy (non-hydrogen) atoms. The topological polar surface area (TPSA) is 92.9 Å². The van der Waals surface area contributed by atoms with Crippen molar-refractivity contribution in [3.63, 3.8) is 0 Å². The fourth-order valence-corrected chi connectivity index (χ4v) is 1.97. The van der Waals surface area contributed by atoms with Crippen LogP contribution in [0.4, 0.5) is 0 Å². The molecule has 0 bridgehead atoms. The van der Waals surface area contributed by atoms with E-state index in [1.165, 1.54) is 4.90 Å². The molecule has 6 heteroatoms. The van der Waals surface area contributed by atoms with Crippen molar-refractivity contribution in [3.05, 3.63) is 0 Å². The molecule has 0 aliphatic carbocycles. The van der Waals surface area contributed by atoms with Crippen molar-refractivity contribution >= 4 is 11.9 Å². The molecule has 78 valence electrons. The first-order valence-corrected chi connectivity index (χ1v) is 4.54. The van der Waals surface area contributed by atoms with Crippen molar-refractivity contribution in [2.75, 3.05) is 6.54 Å². The molecule has 0 radical (unpaired) electrons. The maximum absolute atomic E-state index is 11.1. The summed E-state index contributed by atoms with van der Waals surface area (Å²) in [5.74, 6) is -1.17. The molecular weight excluding hydrogens is 188 g/mol. The van der Waals surface area contributed by atoms with Gasteiger partial charge in [0.1, 0.15) is 6.23 Å². The van der Waals surface area contributed by atoms with Gasteiger partial charge in [-0.15, -0.1) is 0 Å². The fourth-order valence-electron chi connectivity index (χ4n) is 1.97. The Morgan fingerprint density at radius 1 is 1.71 bits per heavy atom. The van der Waals surface area contributed by atoms with E-state index < -0.39 is 18.1 Å². The first-order valence-electron chi connectivity index (χ1n) is 4.54. The summed E-state index contributed by atoms with van der Waals surface area (Å²) >= 11 is 0. The molecule has 6 nitrogen and oxygen atoms in total. The summed E-state index contributed by atoms with van der Waals surface area (Å²) in [5, 5.41) is 8.94. The molecule has 0 aromatic rings. The lowest BCUT2D eigenvalue weighted by molar-refractivity contribution is -0.163. The molecule has 2 saturated heterocycles. The van der Waals surface area contributed by atoms with E-state index in [4.69, 9.17) is 15.6 Å². The molecule has 2 fully saturated rings. The average Bonchev–Trinajstić information content (AvgIpc) is 2.39. The largest absolute Gasteiger partial charge is 0.480 e. The van der Waals surface area contributed by atoms with Crippen LogP contribution in [-0.4, -0.2) is 46.8 Å². The zero-order valence-electron chi connectivity index (χ0n) is 7.55. The van der Waals surface area contributed by atoms with Crippen molar-refractivity contribution in [2.24, 2.45) is 5.73 Å². The third kappa shape index (κ3) is 1.18. The van der Waals surface area contributed by atoms with E-state index in [0.717, 1.165) is 0 Å². The second kappa shape index (κ2) is 3.21. The van der Waals surface area contributed by atoms with Gasteiger partial charge in [0.15, 0.2) is 6.04 Å². The Morgan fingerprint density at radius 2 is 2.43 bits per heavy atom. The Bertz CT molecular complexity index is 281. The van der Waals surface area contributed by atoms with Crippen LogP contribution in [0.15, 0.2) is 0 Å². The minimum atomic E-state index is -1.01. The minimum absolute atomic E-state index is 0.151. The van der Waals surface area contributed by atoms with E-state index in [9.17, 15) is 9.59 Å². The smallest absolute Gasteiger partial charge is 0.329 e. The second-order valence-electron chi connectivity index (χ2n) is 3.49. The number of carbonyl (C=O) groups excluding carboxylic acids is 1. The van der Waals surface area contributed by atoms with E-state index in [2.05, 4.69) is 0 Å². The predicted octanol–water partition coefficient (Wildman–Crippen LogP) is -1.25. The highest BCUT2D eigenvalue weighted by Gasteiger charge is 2.54. The number of ether oxygens (including phenoxy) is 1. The zero-order chi connectivity index (χ0) is 10.3. The van der Waals surface area contributed by atoms with Gasteiger partial charge in [-0.25, -0.2) is 4.79 Å². The molecule has 2 aliphatic heterocycles. The summed E-state index contributed by atoms with van der Waals surface area (Å²) in [7, 11) is 0. The number of fused-ring (bicyclic) bond motifs is 1. The number of amides is 1. The van der Waals surface area contributed by atoms with Crippen LogP contribution in [0.5, 0.6) is 0 Å². The number of aliphatic carboxylic acids is 1. The standard InChI is InChI=1S/C8H12N2O4/c9-2-1-4-7(8(12)13)10-5(11)3-6(10)14-4/h4,6-7H,1-3,9H2,(H,12,13)/t4-,6?,7+/m1/s1. The highest BCUT2D eigenvalue weighted by Crippen LogP contribution is 2.35. The Balaban J connectivity index is 2.13. The zero-order valence-corrected chi connectivity index (χ0v) is 7.55. The Labute approximate surface area is 80.6 Å². The molecule has 2 aliphatic rings. The van der Waals surface area contributed by atoms with Gasteiger partial charge in [0.05, 0.1) is 12.5 Å². The Morgan fingerprint density at radius 3 is 2.93 bits per heavy atom. The van der Waals surface area contributed by atoms with Gasteiger partial charge in [-0.1, -0.05) is 0 Å². The number of carboxylic acid groups (broad SMARTS) is 1. The van der Waals surface area contributed by atoms with Crippen LogP contribution in [0.2, 0.25) is 0 Å². The summed E-state index contributed by atoms with van der Waals surface area (Å²) in [6.07, 6.45) is -0.0173. The third-order valence-electron chi connectivity index (χ3n) is 2.64. The van der Waals surface area contributed by atoms with Crippen LogP contribution in [0.3, 0.4) is 0 Å². The molecule has 1 unspecified atom stereocenters. The highest BCUT2D eigenvalue weighted by molar-refractivity contribution is 5.89. The van der Waals surface area contributed by atoms with Crippen LogP contribution in [0, 0.1) is 0 Å². The summed E-state index contributed by atoms with van der Waals surface area (Å²) < 4.78 is 5.39. The van der Waals surface area contributed by atoms with Crippen LogP contribution in [0.1, 0.15) is 12.8 Å². The summed E-state index contributed by atoms with van der Waals surface area (Å²) in [5.41, 5.74) is 5.34. The lowest BCUT2D eigenvalue weighted by atomic mass is 10.0. The molecule has 3 N–H and O–H groups in total. The Hall–Kier alpha value is -1.14. The number of β-lactam (4-membered cyclic amide) rings is 1. The molecule has 3 atom stereocenters. The predicted molar refractivity (Wildman–Crippen MR) is 45.2 cm³/mol. The number of carbonyl (C=O) groups is 2. The monoisotopic (exact) mass is 200 g/mol. The van der Waals surface area contributed by atoms with Gasteiger partial charge in [-0.2, -0.15) is 0 Å². The number of hydrogen-bond acceptors (Lipinski definition) is 4. The quantitative estimate of drug-likeness (QED) is 0.555. The number of nitrogens with two attached hydrogens (primary N) is 1. The highest BCUT2D eigenvalue weighted by atomic mass is 16.5. The van der Waals surface area contributed by atoms with E-state index in [1.54, 1.807) is 0 Å². The van der Waals surface area contributed by atoms with E-state index in [-0.39, 0.29) is 12.1 Å². The molecule has 1 amide bonds. The molecule has 0 aromatic heterocycles. The van der Waals surface area contributed by atoms with Crippen molar-refractivity contribution in [2.45, 2.75) is 31.2 Å². The fraction of sp³-hybridized carbons (Fsp3) is 0.750. The number of hydrogen-bond donors (Lipinski definition) is 2. The van der Waals surface area contributed by atoms with Crippen molar-refractivity contribution < 1.29 is 19.4 Å². The third-order valence-corrected chi connectivity index (χ3v) is 2.64. The van der Waals surface area contributed by atoms with Crippen LogP contribution < -0.4 is 5.73 Å². The summed E-state index contributed by atoms with van der Waals surface area (Å²) in [6.45, 7) is 0.364. The van der Waals surface area contributed by atoms with E-state index in [0.29, 0.717) is 19.4 Å². The lowest BCUT2D eigenvalue weighted by Gasteiger charge is -2.34. The summed E-state index contributed by atoms with van der Waals surface area (Å²) in [6, 6.07) is -0.843. The average molecular weight is 200 g/mol. The summed E-state index contributed by atoms with van der Waals surface area (Å²) in [4.78, 5) is 23.3. The minimum Gasteiger partial charge on any atom is -0.480 e. The number of rotatable bonds is 3. The molecule has 2 heterocycles. The molecular formula is C8H12N2O4. The second-order valence-corrected chi connectivity index (χ2v) is 3.49. The van der Waals surface area contributed by atoms with Crippen molar-refractivity contribution in [3.8, 4) is 0 Å². The SMILES string of the molecule is NCC[C@H]1OC2CC(=O)N2[C@@H]1C(=O)O. The first kappa shape index (κ1) is 9.42. The van der Waals surface area contributed by atoms with E-state index >= 15 is 0 Å². The van der Waals surface area contributed by atoms with Crippen LogP contribution in [-0.2, 0) is 14.3 Å². The maximum Gasteiger partial charge on any atom is 0.329 e. The lowest BCUT2D eigenvalue weighted by Crippen LogP contribution is -2.55. The number of carboxylic acids is 1. The molecule has 0 spiro atoms. The van der Waals surface area contributed by atoms with Crippen LogP contribution >= 0.6 is 0 Å². The maximum atomic E-state index is 11.1. The van der Waals surface area contributed by atoms with Crippen molar-refractivity contribution in [1.29, 1.82) is 0 Å². The first-order chi connectivity index (χ1) is 6.65. The Kier molecular flexibility index (Phi) is 2.16. The molecule has 0 saturated carbocycles.